The van der Waals surface area contributed by atoms with Crippen LogP contribution < -0.4 is 4.90 Å². The van der Waals surface area contributed by atoms with Crippen molar-refractivity contribution in [2.24, 2.45) is 5.41 Å². The third-order valence-electron chi connectivity index (χ3n) is 4.48. The Hall–Kier alpha value is -1.64. The molecule has 1 heterocycles. The van der Waals surface area contributed by atoms with Crippen LogP contribution in [0.5, 0.6) is 0 Å². The van der Waals surface area contributed by atoms with Crippen LogP contribution in [0.15, 0.2) is 30.3 Å². The molecular weight excluding hydrogens is 238 g/mol. The Balaban J connectivity index is 1.84. The molecule has 2 amide bonds. The molecular formula is C16H19NO2. The van der Waals surface area contributed by atoms with E-state index in [9.17, 15) is 9.59 Å². The Morgan fingerprint density at radius 3 is 2.00 bits per heavy atom. The van der Waals surface area contributed by atoms with Gasteiger partial charge >= 0.3 is 0 Å². The van der Waals surface area contributed by atoms with Crippen LogP contribution in [-0.4, -0.2) is 11.8 Å². The summed E-state index contributed by atoms with van der Waals surface area (Å²) < 4.78 is 0. The number of rotatable bonds is 1. The fourth-order valence-corrected chi connectivity index (χ4v) is 3.52. The summed E-state index contributed by atoms with van der Waals surface area (Å²) in [7, 11) is 0. The molecule has 1 aromatic carbocycles. The van der Waals surface area contributed by atoms with Crippen molar-refractivity contribution in [3.8, 4) is 0 Å². The lowest BCUT2D eigenvalue weighted by Gasteiger charge is -2.42. The van der Waals surface area contributed by atoms with E-state index in [0.29, 0.717) is 18.5 Å². The summed E-state index contributed by atoms with van der Waals surface area (Å²) in [6.45, 7) is 0. The van der Waals surface area contributed by atoms with Crippen molar-refractivity contribution in [3.05, 3.63) is 30.3 Å². The van der Waals surface area contributed by atoms with E-state index >= 15 is 0 Å². The summed E-state index contributed by atoms with van der Waals surface area (Å²) in [4.78, 5) is 26.1. The molecule has 1 saturated heterocycles. The first-order valence-electron chi connectivity index (χ1n) is 7.11. The van der Waals surface area contributed by atoms with E-state index in [1.165, 1.54) is 11.3 Å². The van der Waals surface area contributed by atoms with E-state index in [-0.39, 0.29) is 17.2 Å². The summed E-state index contributed by atoms with van der Waals surface area (Å²) in [6, 6.07) is 9.27. The lowest BCUT2D eigenvalue weighted by molar-refractivity contribution is -0.134. The molecule has 3 rings (SSSR count). The SMILES string of the molecule is O=C1CC2(CCCCC2)CC(=O)N1c1ccccc1. The summed E-state index contributed by atoms with van der Waals surface area (Å²) in [5, 5.41) is 0. The normalized spacial score (nSPS) is 22.8. The topological polar surface area (TPSA) is 37.4 Å². The van der Waals surface area contributed by atoms with Gasteiger partial charge in [0.25, 0.3) is 0 Å². The first-order valence-corrected chi connectivity index (χ1v) is 7.11. The van der Waals surface area contributed by atoms with Gasteiger partial charge in [0.2, 0.25) is 11.8 Å². The van der Waals surface area contributed by atoms with Gasteiger partial charge in [-0.2, -0.15) is 0 Å². The highest BCUT2D eigenvalue weighted by Crippen LogP contribution is 2.45. The second-order valence-electron chi connectivity index (χ2n) is 5.87. The number of hydrogen-bond acceptors (Lipinski definition) is 2. The van der Waals surface area contributed by atoms with Gasteiger partial charge in [0.05, 0.1) is 5.69 Å². The van der Waals surface area contributed by atoms with Gasteiger partial charge in [-0.25, -0.2) is 0 Å². The molecule has 3 nitrogen and oxygen atoms in total. The molecule has 100 valence electrons. The Bertz CT molecular complexity index is 469. The molecule has 0 N–H and O–H groups in total. The first kappa shape index (κ1) is 12.4. The standard InChI is InChI=1S/C16H19NO2/c18-14-11-16(9-5-2-6-10-16)12-15(19)17(14)13-7-3-1-4-8-13/h1,3-4,7-8H,2,5-6,9-12H2. The minimum atomic E-state index is -0.0301. The highest BCUT2D eigenvalue weighted by molar-refractivity contribution is 6.16. The number of nitrogens with zero attached hydrogens (tertiary/aromatic N) is 1. The summed E-state index contributed by atoms with van der Waals surface area (Å²) in [6.07, 6.45) is 6.70. The lowest BCUT2D eigenvalue weighted by atomic mass is 9.67. The summed E-state index contributed by atoms with van der Waals surface area (Å²) >= 11 is 0. The van der Waals surface area contributed by atoms with Crippen LogP contribution in [-0.2, 0) is 9.59 Å². The zero-order valence-corrected chi connectivity index (χ0v) is 11.1. The molecule has 2 aliphatic rings. The van der Waals surface area contributed by atoms with E-state index in [1.54, 1.807) is 0 Å². The van der Waals surface area contributed by atoms with Crippen molar-refractivity contribution < 1.29 is 9.59 Å². The van der Waals surface area contributed by atoms with Crippen molar-refractivity contribution in [2.75, 3.05) is 4.90 Å². The molecule has 1 aliphatic heterocycles. The highest BCUT2D eigenvalue weighted by Gasteiger charge is 2.44. The van der Waals surface area contributed by atoms with Crippen LogP contribution in [0.2, 0.25) is 0 Å². The molecule has 1 aromatic rings. The monoisotopic (exact) mass is 257 g/mol. The van der Waals surface area contributed by atoms with E-state index in [2.05, 4.69) is 0 Å². The number of para-hydroxylation sites is 1. The van der Waals surface area contributed by atoms with Crippen molar-refractivity contribution in [2.45, 2.75) is 44.9 Å². The van der Waals surface area contributed by atoms with Gasteiger partial charge in [-0.15, -0.1) is 0 Å². The van der Waals surface area contributed by atoms with Crippen molar-refractivity contribution >= 4 is 17.5 Å². The third kappa shape index (κ3) is 2.29. The molecule has 0 bridgehead atoms. The maximum absolute atomic E-state index is 12.4. The quantitative estimate of drug-likeness (QED) is 0.724. The average Bonchev–Trinajstić information content (AvgIpc) is 2.40. The van der Waals surface area contributed by atoms with E-state index in [0.717, 1.165) is 25.7 Å². The number of carbonyl (C=O) groups is 2. The number of amides is 2. The minimum absolute atomic E-state index is 0.0237. The predicted octanol–water partition coefficient (Wildman–Crippen LogP) is 3.29. The molecule has 1 spiro atoms. The fraction of sp³-hybridized carbons (Fsp3) is 0.500. The van der Waals surface area contributed by atoms with Crippen molar-refractivity contribution in [3.63, 3.8) is 0 Å². The number of carbonyl (C=O) groups excluding carboxylic acids is 2. The molecule has 0 unspecified atom stereocenters. The van der Waals surface area contributed by atoms with Gasteiger partial charge in [0, 0.05) is 12.8 Å². The minimum Gasteiger partial charge on any atom is -0.274 e. The number of benzene rings is 1. The maximum atomic E-state index is 12.4. The van der Waals surface area contributed by atoms with Crippen LogP contribution >= 0.6 is 0 Å². The zero-order valence-electron chi connectivity index (χ0n) is 11.1. The van der Waals surface area contributed by atoms with E-state index < -0.39 is 0 Å². The summed E-state index contributed by atoms with van der Waals surface area (Å²) in [5.41, 5.74) is 0.681. The van der Waals surface area contributed by atoms with Crippen LogP contribution in [0.4, 0.5) is 5.69 Å². The van der Waals surface area contributed by atoms with Gasteiger partial charge in [-0.1, -0.05) is 37.5 Å². The summed E-state index contributed by atoms with van der Waals surface area (Å²) in [5.74, 6) is -0.0475. The fourth-order valence-electron chi connectivity index (χ4n) is 3.52. The lowest BCUT2D eigenvalue weighted by Crippen LogP contribution is -2.48. The predicted molar refractivity (Wildman–Crippen MR) is 73.7 cm³/mol. The van der Waals surface area contributed by atoms with Crippen molar-refractivity contribution in [1.29, 1.82) is 0 Å². The van der Waals surface area contributed by atoms with Gasteiger partial charge in [0.15, 0.2) is 0 Å². The number of hydrogen-bond donors (Lipinski definition) is 0. The molecule has 1 aliphatic carbocycles. The Labute approximate surface area is 113 Å². The molecule has 2 fully saturated rings. The number of piperidine rings is 1. The van der Waals surface area contributed by atoms with Crippen LogP contribution in [0, 0.1) is 5.41 Å². The largest absolute Gasteiger partial charge is 0.274 e. The number of anilines is 1. The molecule has 0 atom stereocenters. The Kier molecular flexibility index (Phi) is 3.13. The molecule has 19 heavy (non-hydrogen) atoms. The third-order valence-corrected chi connectivity index (χ3v) is 4.48. The van der Waals surface area contributed by atoms with Crippen LogP contribution in [0.1, 0.15) is 44.9 Å². The molecule has 0 aromatic heterocycles. The Morgan fingerprint density at radius 1 is 0.842 bits per heavy atom. The van der Waals surface area contributed by atoms with Gasteiger partial charge in [-0.3, -0.25) is 14.5 Å². The average molecular weight is 257 g/mol. The first-order chi connectivity index (χ1) is 9.20. The van der Waals surface area contributed by atoms with Crippen LogP contribution in [0.25, 0.3) is 0 Å². The van der Waals surface area contributed by atoms with E-state index in [1.807, 2.05) is 30.3 Å². The molecule has 0 radical (unpaired) electrons. The second-order valence-corrected chi connectivity index (χ2v) is 5.87. The zero-order chi connectivity index (χ0) is 13.3. The Morgan fingerprint density at radius 2 is 1.42 bits per heavy atom. The second kappa shape index (κ2) is 4.80. The molecule has 1 saturated carbocycles. The van der Waals surface area contributed by atoms with Crippen LogP contribution in [0.3, 0.4) is 0 Å². The van der Waals surface area contributed by atoms with Gasteiger partial charge in [0.1, 0.15) is 0 Å². The molecule has 3 heteroatoms. The number of imide groups is 1. The van der Waals surface area contributed by atoms with Crippen molar-refractivity contribution in [1.82, 2.24) is 0 Å². The van der Waals surface area contributed by atoms with Gasteiger partial charge < -0.3 is 0 Å². The smallest absolute Gasteiger partial charge is 0.234 e. The van der Waals surface area contributed by atoms with E-state index in [4.69, 9.17) is 0 Å². The highest BCUT2D eigenvalue weighted by atomic mass is 16.2. The van der Waals surface area contributed by atoms with Gasteiger partial charge in [-0.05, 0) is 30.4 Å². The maximum Gasteiger partial charge on any atom is 0.234 e.